The zero-order valence-electron chi connectivity index (χ0n) is 19.3. The van der Waals surface area contributed by atoms with Crippen molar-refractivity contribution in [2.75, 3.05) is 26.2 Å². The summed E-state index contributed by atoms with van der Waals surface area (Å²) in [5.41, 5.74) is 3.14. The lowest BCUT2D eigenvalue weighted by atomic mass is 9.92. The monoisotopic (exact) mass is 473 g/mol. The number of hydrogen-bond acceptors (Lipinski definition) is 3. The van der Waals surface area contributed by atoms with Crippen LogP contribution in [0.1, 0.15) is 29.9 Å². The van der Waals surface area contributed by atoms with Crippen LogP contribution in [-0.4, -0.2) is 44.1 Å². The van der Waals surface area contributed by atoms with E-state index in [1.807, 2.05) is 71.3 Å². The van der Waals surface area contributed by atoms with E-state index >= 15 is 0 Å². The first-order valence-electron chi connectivity index (χ1n) is 12.0. The van der Waals surface area contributed by atoms with Gasteiger partial charge in [0.15, 0.2) is 5.03 Å². The average Bonchev–Trinajstić information content (AvgIpc) is 3.52. The number of rotatable bonds is 9. The minimum Gasteiger partial charge on any atom is -0.329 e. The Bertz CT molecular complexity index is 1290. The van der Waals surface area contributed by atoms with Gasteiger partial charge < -0.3 is 9.47 Å². The van der Waals surface area contributed by atoms with Crippen LogP contribution in [0.5, 0.6) is 0 Å². The summed E-state index contributed by atoms with van der Waals surface area (Å²) < 4.78 is 32.2. The number of fused-ring (bicyclic) bond motifs is 1. The maximum atomic E-state index is 13.6. The topological polar surface area (TPSA) is 54.3 Å². The highest BCUT2D eigenvalue weighted by Crippen LogP contribution is 2.27. The van der Waals surface area contributed by atoms with Gasteiger partial charge in [-0.25, -0.2) is 13.1 Å². The first-order chi connectivity index (χ1) is 16.6. The van der Waals surface area contributed by atoms with Crippen LogP contribution < -0.4 is 4.72 Å². The molecular weight excluding hydrogens is 442 g/mol. The lowest BCUT2D eigenvalue weighted by Crippen LogP contribution is -2.31. The number of aromatic nitrogens is 1. The highest BCUT2D eigenvalue weighted by Gasteiger charge is 2.24. The molecule has 1 aliphatic heterocycles. The number of likely N-dealkylation sites (tertiary alicyclic amines) is 1. The van der Waals surface area contributed by atoms with Gasteiger partial charge in [0.1, 0.15) is 0 Å². The molecule has 1 saturated heterocycles. The normalized spacial score (nSPS) is 14.9. The Balaban J connectivity index is 1.43. The standard InChI is InChI=1S/C28H31N3O2S/c32-34(33,29-22-26(23-11-3-1-4-12-23)24-13-5-2-6-14-24)28-21-25-15-7-8-16-27(25)31(28)20-19-30-17-9-10-18-30/h1-8,11-16,21,26,29H,9-10,17-20,22H2. The van der Waals surface area contributed by atoms with Gasteiger partial charge in [-0.05, 0) is 49.2 Å². The summed E-state index contributed by atoms with van der Waals surface area (Å²) in [6.45, 7) is 4.00. The average molecular weight is 474 g/mol. The molecule has 5 nitrogen and oxygen atoms in total. The molecule has 34 heavy (non-hydrogen) atoms. The summed E-state index contributed by atoms with van der Waals surface area (Å²) in [7, 11) is -3.72. The Kier molecular flexibility index (Phi) is 6.81. The van der Waals surface area contributed by atoms with Gasteiger partial charge in [-0.2, -0.15) is 0 Å². The Morgan fingerprint density at radius 2 is 1.35 bits per heavy atom. The minimum atomic E-state index is -3.72. The zero-order chi connectivity index (χ0) is 23.4. The summed E-state index contributed by atoms with van der Waals surface area (Å²) >= 11 is 0. The van der Waals surface area contributed by atoms with E-state index in [1.165, 1.54) is 12.8 Å². The predicted molar refractivity (Wildman–Crippen MR) is 138 cm³/mol. The molecule has 5 rings (SSSR count). The van der Waals surface area contributed by atoms with Crippen molar-refractivity contribution in [2.45, 2.75) is 30.3 Å². The molecule has 0 amide bonds. The molecule has 1 N–H and O–H groups in total. The second kappa shape index (κ2) is 10.1. The molecule has 0 bridgehead atoms. The van der Waals surface area contributed by atoms with Gasteiger partial charge in [0.25, 0.3) is 10.0 Å². The van der Waals surface area contributed by atoms with Crippen LogP contribution in [0.2, 0.25) is 0 Å². The molecule has 0 spiro atoms. The first kappa shape index (κ1) is 22.8. The molecule has 0 atom stereocenters. The van der Waals surface area contributed by atoms with Crippen LogP contribution in [0.25, 0.3) is 10.9 Å². The van der Waals surface area contributed by atoms with Crippen LogP contribution in [0.15, 0.2) is 96.0 Å². The fourth-order valence-corrected chi connectivity index (χ4v) is 6.25. The maximum Gasteiger partial charge on any atom is 0.256 e. The van der Waals surface area contributed by atoms with Crippen LogP contribution in [0, 0.1) is 0 Å². The molecule has 4 aromatic rings. The highest BCUT2D eigenvalue weighted by molar-refractivity contribution is 7.89. The molecular formula is C28H31N3O2S. The summed E-state index contributed by atoms with van der Waals surface area (Å²) in [4.78, 5) is 2.42. The van der Waals surface area contributed by atoms with E-state index in [0.29, 0.717) is 18.1 Å². The first-order valence-corrected chi connectivity index (χ1v) is 13.5. The van der Waals surface area contributed by atoms with Crippen molar-refractivity contribution in [1.29, 1.82) is 0 Å². The summed E-state index contributed by atoms with van der Waals surface area (Å²) in [5.74, 6) is -0.0698. The van der Waals surface area contributed by atoms with Crippen molar-refractivity contribution in [3.8, 4) is 0 Å². The molecule has 1 aliphatic rings. The van der Waals surface area contributed by atoms with Gasteiger partial charge in [-0.15, -0.1) is 0 Å². The molecule has 176 valence electrons. The third kappa shape index (κ3) is 4.94. The lowest BCUT2D eigenvalue weighted by Gasteiger charge is -2.20. The van der Waals surface area contributed by atoms with Gasteiger partial charge in [-0.3, -0.25) is 0 Å². The van der Waals surface area contributed by atoms with Crippen molar-refractivity contribution < 1.29 is 8.42 Å². The van der Waals surface area contributed by atoms with E-state index in [4.69, 9.17) is 0 Å². The Morgan fingerprint density at radius 1 is 0.765 bits per heavy atom. The van der Waals surface area contributed by atoms with Crippen LogP contribution >= 0.6 is 0 Å². The fourth-order valence-electron chi connectivity index (χ4n) is 4.95. The Hall–Kier alpha value is -2.93. The molecule has 0 saturated carbocycles. The molecule has 1 fully saturated rings. The predicted octanol–water partition coefficient (Wildman–Crippen LogP) is 4.85. The molecule has 1 aromatic heterocycles. The van der Waals surface area contributed by atoms with E-state index in [0.717, 1.165) is 41.7 Å². The van der Waals surface area contributed by atoms with Crippen molar-refractivity contribution >= 4 is 20.9 Å². The van der Waals surface area contributed by atoms with Crippen molar-refractivity contribution in [1.82, 2.24) is 14.2 Å². The number of nitrogens with one attached hydrogen (secondary N) is 1. The second-order valence-corrected chi connectivity index (χ2v) is 10.7. The van der Waals surface area contributed by atoms with Gasteiger partial charge in [0.2, 0.25) is 0 Å². The van der Waals surface area contributed by atoms with Crippen LogP contribution in [-0.2, 0) is 16.6 Å². The number of nitrogens with zero attached hydrogens (tertiary/aromatic N) is 2. The SMILES string of the molecule is O=S(=O)(NCC(c1ccccc1)c1ccccc1)c1cc2ccccc2n1CCN1CCCC1. The van der Waals surface area contributed by atoms with Gasteiger partial charge >= 0.3 is 0 Å². The van der Waals surface area contributed by atoms with Crippen molar-refractivity contribution in [3.05, 3.63) is 102 Å². The number of sulfonamides is 1. The molecule has 0 radical (unpaired) electrons. The van der Waals surface area contributed by atoms with E-state index in [-0.39, 0.29) is 5.92 Å². The molecule has 3 aromatic carbocycles. The Morgan fingerprint density at radius 3 is 2.00 bits per heavy atom. The molecule has 0 aliphatic carbocycles. The van der Waals surface area contributed by atoms with Crippen LogP contribution in [0.4, 0.5) is 0 Å². The van der Waals surface area contributed by atoms with E-state index in [9.17, 15) is 8.42 Å². The number of para-hydroxylation sites is 1. The summed E-state index contributed by atoms with van der Waals surface area (Å²) in [6, 6.07) is 29.9. The largest absolute Gasteiger partial charge is 0.329 e. The number of benzene rings is 3. The van der Waals surface area contributed by atoms with Crippen molar-refractivity contribution in [2.24, 2.45) is 0 Å². The van der Waals surface area contributed by atoms with Gasteiger partial charge in [0.05, 0.1) is 0 Å². The smallest absolute Gasteiger partial charge is 0.256 e. The molecule has 6 heteroatoms. The van der Waals surface area contributed by atoms with E-state index < -0.39 is 10.0 Å². The van der Waals surface area contributed by atoms with Gasteiger partial charge in [-0.1, -0.05) is 78.9 Å². The quantitative estimate of drug-likeness (QED) is 0.378. The lowest BCUT2D eigenvalue weighted by molar-refractivity contribution is 0.320. The molecule has 0 unspecified atom stereocenters. The summed E-state index contributed by atoms with van der Waals surface area (Å²) in [6.07, 6.45) is 2.44. The van der Waals surface area contributed by atoms with E-state index in [1.54, 1.807) is 0 Å². The minimum absolute atomic E-state index is 0.0698. The number of hydrogen-bond donors (Lipinski definition) is 1. The third-order valence-corrected chi connectivity index (χ3v) is 8.20. The fraction of sp³-hybridized carbons (Fsp3) is 0.286. The van der Waals surface area contributed by atoms with E-state index in [2.05, 4.69) is 33.9 Å². The van der Waals surface area contributed by atoms with Gasteiger partial charge in [0, 0.05) is 36.5 Å². The Labute approximate surface area is 202 Å². The third-order valence-electron chi connectivity index (χ3n) is 6.77. The maximum absolute atomic E-state index is 13.6. The summed E-state index contributed by atoms with van der Waals surface area (Å²) in [5, 5.41) is 1.29. The van der Waals surface area contributed by atoms with Crippen LogP contribution in [0.3, 0.4) is 0 Å². The second-order valence-electron chi connectivity index (χ2n) is 8.97. The zero-order valence-corrected chi connectivity index (χ0v) is 20.1. The highest BCUT2D eigenvalue weighted by atomic mass is 32.2. The van der Waals surface area contributed by atoms with Crippen molar-refractivity contribution in [3.63, 3.8) is 0 Å². The molecule has 2 heterocycles.